The number of hydrogen-bond donors (Lipinski definition) is 0. The van der Waals surface area contributed by atoms with Gasteiger partial charge in [-0.05, 0) is 49.2 Å². The standard InChI is InChI=1S/C23H22ClN5O2/c24-18-8-6-16(7-9-18)19-14-25-21(31-19)10-11-22(30)28-12-3-4-17(15-28)23-27-26-20-5-1-2-13-29(20)23/h1-2,5-9,13-14,17H,3-4,10-12,15H2. The molecule has 1 aromatic carbocycles. The molecule has 1 atom stereocenters. The van der Waals surface area contributed by atoms with Crippen LogP contribution in [0.2, 0.25) is 5.02 Å². The summed E-state index contributed by atoms with van der Waals surface area (Å²) in [5.74, 6) is 2.47. The molecule has 1 unspecified atom stereocenters. The molecule has 1 aliphatic heterocycles. The summed E-state index contributed by atoms with van der Waals surface area (Å²) in [7, 11) is 0. The third-order valence-electron chi connectivity index (χ3n) is 5.71. The van der Waals surface area contributed by atoms with E-state index in [-0.39, 0.29) is 11.8 Å². The molecule has 1 saturated heterocycles. The lowest BCUT2D eigenvalue weighted by atomic mass is 9.97. The largest absolute Gasteiger partial charge is 0.441 e. The monoisotopic (exact) mass is 435 g/mol. The van der Waals surface area contributed by atoms with Crippen LogP contribution in [0.25, 0.3) is 17.0 Å². The first-order valence-electron chi connectivity index (χ1n) is 10.5. The number of carbonyl (C=O) groups is 1. The molecule has 1 amide bonds. The van der Waals surface area contributed by atoms with Gasteiger partial charge in [-0.15, -0.1) is 10.2 Å². The van der Waals surface area contributed by atoms with E-state index in [1.165, 1.54) is 0 Å². The molecule has 0 saturated carbocycles. The van der Waals surface area contributed by atoms with Crippen molar-refractivity contribution in [1.29, 1.82) is 0 Å². The van der Waals surface area contributed by atoms with Crippen molar-refractivity contribution in [1.82, 2.24) is 24.5 Å². The van der Waals surface area contributed by atoms with E-state index in [0.29, 0.717) is 36.1 Å². The highest BCUT2D eigenvalue weighted by molar-refractivity contribution is 6.30. The van der Waals surface area contributed by atoms with Crippen LogP contribution >= 0.6 is 11.6 Å². The molecule has 1 aliphatic rings. The fourth-order valence-electron chi connectivity index (χ4n) is 4.10. The lowest BCUT2D eigenvalue weighted by Crippen LogP contribution is -2.39. The van der Waals surface area contributed by atoms with E-state index in [9.17, 15) is 4.79 Å². The molecule has 158 valence electrons. The number of pyridine rings is 1. The summed E-state index contributed by atoms with van der Waals surface area (Å²) >= 11 is 5.94. The van der Waals surface area contributed by atoms with E-state index in [1.54, 1.807) is 6.20 Å². The quantitative estimate of drug-likeness (QED) is 0.465. The van der Waals surface area contributed by atoms with Gasteiger partial charge < -0.3 is 9.32 Å². The van der Waals surface area contributed by atoms with E-state index < -0.39 is 0 Å². The predicted octanol–water partition coefficient (Wildman–Crippen LogP) is 4.38. The third kappa shape index (κ3) is 4.18. The molecule has 0 bridgehead atoms. The van der Waals surface area contributed by atoms with Crippen molar-refractivity contribution >= 4 is 23.2 Å². The summed E-state index contributed by atoms with van der Waals surface area (Å²) in [6, 6.07) is 13.3. The van der Waals surface area contributed by atoms with Gasteiger partial charge >= 0.3 is 0 Å². The molecule has 5 rings (SSSR count). The Bertz CT molecular complexity index is 1200. The molecule has 3 aromatic heterocycles. The number of rotatable bonds is 5. The Hall–Kier alpha value is -3.19. The van der Waals surface area contributed by atoms with Gasteiger partial charge in [0.05, 0.1) is 6.20 Å². The number of halogens is 1. The van der Waals surface area contributed by atoms with Crippen LogP contribution in [-0.2, 0) is 11.2 Å². The van der Waals surface area contributed by atoms with E-state index >= 15 is 0 Å². The number of amides is 1. The van der Waals surface area contributed by atoms with Crippen molar-refractivity contribution < 1.29 is 9.21 Å². The van der Waals surface area contributed by atoms with Crippen LogP contribution in [0.5, 0.6) is 0 Å². The normalized spacial score (nSPS) is 16.7. The molecule has 4 aromatic rings. The van der Waals surface area contributed by atoms with Crippen molar-refractivity contribution in [2.24, 2.45) is 0 Å². The van der Waals surface area contributed by atoms with Gasteiger partial charge in [0, 0.05) is 48.6 Å². The molecule has 31 heavy (non-hydrogen) atoms. The maximum atomic E-state index is 12.9. The molecule has 1 fully saturated rings. The van der Waals surface area contributed by atoms with Gasteiger partial charge in [-0.1, -0.05) is 17.7 Å². The van der Waals surface area contributed by atoms with Crippen LogP contribution in [0.4, 0.5) is 0 Å². The van der Waals surface area contributed by atoms with Crippen LogP contribution in [0.1, 0.15) is 36.9 Å². The third-order valence-corrected chi connectivity index (χ3v) is 5.97. The lowest BCUT2D eigenvalue weighted by molar-refractivity contribution is -0.132. The molecule has 0 N–H and O–H groups in total. The van der Waals surface area contributed by atoms with Gasteiger partial charge in [0.15, 0.2) is 17.3 Å². The summed E-state index contributed by atoms with van der Waals surface area (Å²) in [5, 5.41) is 9.31. The fourth-order valence-corrected chi connectivity index (χ4v) is 4.22. The molecule has 0 radical (unpaired) electrons. The zero-order valence-electron chi connectivity index (χ0n) is 16.9. The minimum Gasteiger partial charge on any atom is -0.441 e. The van der Waals surface area contributed by atoms with E-state index in [1.807, 2.05) is 58.0 Å². The summed E-state index contributed by atoms with van der Waals surface area (Å²) in [6.07, 6.45) is 6.47. The maximum Gasteiger partial charge on any atom is 0.223 e. The second-order valence-corrected chi connectivity index (χ2v) is 8.23. The smallest absolute Gasteiger partial charge is 0.223 e. The van der Waals surface area contributed by atoms with Gasteiger partial charge in [0.25, 0.3) is 0 Å². The van der Waals surface area contributed by atoms with Gasteiger partial charge in [-0.25, -0.2) is 4.98 Å². The van der Waals surface area contributed by atoms with Gasteiger partial charge in [-0.3, -0.25) is 9.20 Å². The number of nitrogens with zero attached hydrogens (tertiary/aromatic N) is 5. The number of carbonyl (C=O) groups excluding carboxylic acids is 1. The first kappa shape index (κ1) is 19.8. The van der Waals surface area contributed by atoms with Gasteiger partial charge in [-0.2, -0.15) is 0 Å². The second-order valence-electron chi connectivity index (χ2n) is 7.79. The molecule has 7 nitrogen and oxygen atoms in total. The number of likely N-dealkylation sites (tertiary alicyclic amines) is 1. The molecule has 0 spiro atoms. The highest BCUT2D eigenvalue weighted by Crippen LogP contribution is 2.27. The minimum absolute atomic E-state index is 0.116. The number of aromatic nitrogens is 4. The Kier molecular flexibility index (Phi) is 5.42. The Balaban J connectivity index is 1.21. The van der Waals surface area contributed by atoms with Crippen molar-refractivity contribution in [3.63, 3.8) is 0 Å². The predicted molar refractivity (Wildman–Crippen MR) is 117 cm³/mol. The number of oxazole rings is 1. The average Bonchev–Trinajstić information content (AvgIpc) is 3.45. The summed E-state index contributed by atoms with van der Waals surface area (Å²) in [6.45, 7) is 1.43. The second kappa shape index (κ2) is 8.51. The number of fused-ring (bicyclic) bond motifs is 1. The van der Waals surface area contributed by atoms with Crippen molar-refractivity contribution in [2.75, 3.05) is 13.1 Å². The molecule has 4 heterocycles. The fraction of sp³-hybridized carbons (Fsp3) is 0.304. The topological polar surface area (TPSA) is 76.5 Å². The molecule has 8 heteroatoms. The Labute approximate surface area is 184 Å². The molecular formula is C23H22ClN5O2. The molecular weight excluding hydrogens is 414 g/mol. The Morgan fingerprint density at radius 2 is 2.03 bits per heavy atom. The number of hydrogen-bond acceptors (Lipinski definition) is 5. The number of benzene rings is 1. The zero-order chi connectivity index (χ0) is 21.2. The van der Waals surface area contributed by atoms with Crippen molar-refractivity contribution in [3.05, 3.63) is 71.6 Å². The first-order chi connectivity index (χ1) is 15.2. The summed E-state index contributed by atoms with van der Waals surface area (Å²) in [5.41, 5.74) is 1.75. The summed E-state index contributed by atoms with van der Waals surface area (Å²) < 4.78 is 7.85. The first-order valence-corrected chi connectivity index (χ1v) is 10.8. The van der Waals surface area contributed by atoms with Crippen LogP contribution in [0.15, 0.2) is 59.3 Å². The maximum absolute atomic E-state index is 12.9. The minimum atomic E-state index is 0.116. The number of piperidine rings is 1. The van der Waals surface area contributed by atoms with E-state index in [0.717, 1.165) is 36.4 Å². The number of aryl methyl sites for hydroxylation is 1. The van der Waals surface area contributed by atoms with Crippen molar-refractivity contribution in [3.8, 4) is 11.3 Å². The van der Waals surface area contributed by atoms with Crippen LogP contribution in [0.3, 0.4) is 0 Å². The highest BCUT2D eigenvalue weighted by Gasteiger charge is 2.27. The van der Waals surface area contributed by atoms with Gasteiger partial charge in [0.1, 0.15) is 5.82 Å². The molecule has 0 aliphatic carbocycles. The van der Waals surface area contributed by atoms with Crippen molar-refractivity contribution in [2.45, 2.75) is 31.6 Å². The average molecular weight is 436 g/mol. The SMILES string of the molecule is O=C(CCc1ncc(-c2ccc(Cl)cc2)o1)N1CCCC(c2nnc3ccccn23)C1. The Morgan fingerprint density at radius 3 is 2.90 bits per heavy atom. The van der Waals surface area contributed by atoms with E-state index in [2.05, 4.69) is 15.2 Å². The summed E-state index contributed by atoms with van der Waals surface area (Å²) in [4.78, 5) is 19.1. The Morgan fingerprint density at radius 1 is 1.16 bits per heavy atom. The zero-order valence-corrected chi connectivity index (χ0v) is 17.7. The lowest BCUT2D eigenvalue weighted by Gasteiger charge is -2.32. The van der Waals surface area contributed by atoms with Crippen LogP contribution < -0.4 is 0 Å². The van der Waals surface area contributed by atoms with E-state index in [4.69, 9.17) is 16.0 Å². The van der Waals surface area contributed by atoms with Crippen LogP contribution in [0, 0.1) is 0 Å². The van der Waals surface area contributed by atoms with Crippen LogP contribution in [-0.4, -0.2) is 43.5 Å². The highest BCUT2D eigenvalue weighted by atomic mass is 35.5. The van der Waals surface area contributed by atoms with Gasteiger partial charge in [0.2, 0.25) is 5.91 Å².